The van der Waals surface area contributed by atoms with Crippen LogP contribution >= 0.6 is 0 Å². The second kappa shape index (κ2) is 3.13. The molecule has 54 valence electrons. The van der Waals surface area contributed by atoms with Crippen molar-refractivity contribution in [3.8, 4) is 0 Å². The van der Waals surface area contributed by atoms with Gasteiger partial charge in [-0.2, -0.15) is 0 Å². The third-order valence-electron chi connectivity index (χ3n) is 1.26. The molecular weight excluding hydrogens is 126 g/mol. The zero-order chi connectivity index (χ0) is 6.85. The summed E-state index contributed by atoms with van der Waals surface area (Å²) in [5.74, 6) is 0. The van der Waals surface area contributed by atoms with Crippen LogP contribution in [0, 0.1) is 5.41 Å². The molecule has 0 atom stereocenters. The third kappa shape index (κ3) is 1.67. The maximum atomic E-state index is 7.25. The van der Waals surface area contributed by atoms with Crippen LogP contribution < -0.4 is 0 Å². The van der Waals surface area contributed by atoms with Gasteiger partial charge in [0.05, 0.1) is 5.71 Å². The third-order valence-corrected chi connectivity index (χ3v) is 1.26. The van der Waals surface area contributed by atoms with Crippen molar-refractivity contribution < 1.29 is 5.48 Å². The molecule has 0 saturated carbocycles. The molecule has 0 spiro atoms. The van der Waals surface area contributed by atoms with Crippen molar-refractivity contribution in [1.29, 1.82) is 5.41 Å². The van der Waals surface area contributed by atoms with Gasteiger partial charge in [0.15, 0.2) is 0 Å². The van der Waals surface area contributed by atoms with Crippen LogP contribution in [0.3, 0.4) is 0 Å². The highest BCUT2D eigenvalue weighted by Crippen LogP contribution is 2.09. The van der Waals surface area contributed by atoms with Gasteiger partial charge < -0.3 is 10.9 Å². The van der Waals surface area contributed by atoms with Crippen molar-refractivity contribution in [3.05, 3.63) is 36.0 Å². The van der Waals surface area contributed by atoms with Crippen LogP contribution in [0.1, 0.15) is 6.92 Å². The first-order valence-corrected chi connectivity index (χ1v) is 2.84. The monoisotopic (exact) mass is 137 g/mol. The minimum Gasteiger partial charge on any atom is -0.412 e. The lowest BCUT2D eigenvalue weighted by Crippen LogP contribution is -1.97. The van der Waals surface area contributed by atoms with Crippen LogP contribution in [0.5, 0.6) is 0 Å². The fourth-order valence-electron chi connectivity index (χ4n) is 0.723. The Hall–Kier alpha value is -1.15. The molecule has 10 heavy (non-hydrogen) atoms. The summed E-state index contributed by atoms with van der Waals surface area (Å²) >= 11 is 0. The van der Waals surface area contributed by atoms with E-state index < -0.39 is 0 Å². The molecule has 0 aromatic rings. The zero-order valence-electron chi connectivity index (χ0n) is 5.94. The molecule has 0 saturated heterocycles. The van der Waals surface area contributed by atoms with Crippen LogP contribution in [-0.4, -0.2) is 11.2 Å². The van der Waals surface area contributed by atoms with Crippen molar-refractivity contribution in [2.24, 2.45) is 0 Å². The summed E-state index contributed by atoms with van der Waals surface area (Å²) in [6.07, 6.45) is 5.58. The minimum absolute atomic E-state index is 0. The Balaban J connectivity index is 0.000000810. The Morgan fingerprint density at radius 2 is 2.00 bits per heavy atom. The van der Waals surface area contributed by atoms with Crippen molar-refractivity contribution in [2.75, 3.05) is 0 Å². The lowest BCUT2D eigenvalue weighted by molar-refractivity contribution is 0.824. The predicted molar refractivity (Wildman–Crippen MR) is 43.4 cm³/mol. The molecule has 0 fully saturated rings. The van der Waals surface area contributed by atoms with E-state index in [0.29, 0.717) is 5.71 Å². The largest absolute Gasteiger partial charge is 0.412 e. The Morgan fingerprint density at radius 3 is 2.40 bits per heavy atom. The van der Waals surface area contributed by atoms with Gasteiger partial charge in [-0.05, 0) is 18.6 Å². The average Bonchev–Trinajstić information content (AvgIpc) is 1.80. The quantitative estimate of drug-likeness (QED) is 0.522. The molecule has 0 aromatic carbocycles. The van der Waals surface area contributed by atoms with E-state index in [1.165, 1.54) is 0 Å². The van der Waals surface area contributed by atoms with Gasteiger partial charge in [-0.15, -0.1) is 0 Å². The molecular formula is C8H11NO. The molecule has 0 radical (unpaired) electrons. The first-order chi connectivity index (χ1) is 4.20. The van der Waals surface area contributed by atoms with E-state index in [1.54, 1.807) is 6.08 Å². The average molecular weight is 137 g/mol. The summed E-state index contributed by atoms with van der Waals surface area (Å²) in [4.78, 5) is 0. The fourth-order valence-corrected chi connectivity index (χ4v) is 0.723. The molecule has 0 unspecified atom stereocenters. The van der Waals surface area contributed by atoms with Crippen LogP contribution in [0.4, 0.5) is 0 Å². The van der Waals surface area contributed by atoms with Crippen LogP contribution in [0.25, 0.3) is 0 Å². The molecule has 0 heterocycles. The van der Waals surface area contributed by atoms with Gasteiger partial charge in [0.1, 0.15) is 0 Å². The second-order valence-electron chi connectivity index (χ2n) is 2.16. The standard InChI is InChI=1S/C8H9N.H2O/c1-6-3-4-8(9)7(2)5-6;/h3-5,9H,2H2,1H3;1H2. The minimum atomic E-state index is 0. The van der Waals surface area contributed by atoms with E-state index >= 15 is 0 Å². The first kappa shape index (κ1) is 8.85. The van der Waals surface area contributed by atoms with Gasteiger partial charge in [0.25, 0.3) is 0 Å². The Bertz CT molecular complexity index is 223. The smallest absolute Gasteiger partial charge is 0.0606 e. The van der Waals surface area contributed by atoms with Crippen molar-refractivity contribution >= 4 is 5.71 Å². The van der Waals surface area contributed by atoms with E-state index in [-0.39, 0.29) is 5.48 Å². The lowest BCUT2D eigenvalue weighted by Gasteiger charge is -2.03. The molecule has 0 aromatic heterocycles. The van der Waals surface area contributed by atoms with Gasteiger partial charge in [-0.1, -0.05) is 24.3 Å². The summed E-state index contributed by atoms with van der Waals surface area (Å²) in [5.41, 5.74) is 2.48. The maximum absolute atomic E-state index is 7.25. The van der Waals surface area contributed by atoms with E-state index in [2.05, 4.69) is 6.58 Å². The second-order valence-corrected chi connectivity index (χ2v) is 2.16. The van der Waals surface area contributed by atoms with Gasteiger partial charge in [0.2, 0.25) is 0 Å². The first-order valence-electron chi connectivity index (χ1n) is 2.84. The summed E-state index contributed by atoms with van der Waals surface area (Å²) in [7, 11) is 0. The predicted octanol–water partition coefficient (Wildman–Crippen LogP) is 1.25. The summed E-state index contributed by atoms with van der Waals surface area (Å²) in [5, 5.41) is 7.25. The van der Waals surface area contributed by atoms with E-state index in [4.69, 9.17) is 5.41 Å². The zero-order valence-corrected chi connectivity index (χ0v) is 5.94. The number of hydrogen-bond donors (Lipinski definition) is 1. The number of hydrogen-bond acceptors (Lipinski definition) is 1. The maximum Gasteiger partial charge on any atom is 0.0606 e. The Labute approximate surface area is 60.4 Å². The van der Waals surface area contributed by atoms with E-state index in [0.717, 1.165) is 11.1 Å². The molecule has 1 rings (SSSR count). The van der Waals surface area contributed by atoms with E-state index in [9.17, 15) is 0 Å². The van der Waals surface area contributed by atoms with Crippen LogP contribution in [0.2, 0.25) is 0 Å². The Kier molecular flexibility index (Phi) is 2.77. The molecule has 2 nitrogen and oxygen atoms in total. The molecule has 3 N–H and O–H groups in total. The molecule has 0 amide bonds. The Morgan fingerprint density at radius 1 is 1.40 bits per heavy atom. The van der Waals surface area contributed by atoms with Gasteiger partial charge in [0, 0.05) is 0 Å². The fraction of sp³-hybridized carbons (Fsp3) is 0.125. The van der Waals surface area contributed by atoms with Crippen LogP contribution in [-0.2, 0) is 0 Å². The van der Waals surface area contributed by atoms with Crippen molar-refractivity contribution in [1.82, 2.24) is 0 Å². The van der Waals surface area contributed by atoms with E-state index in [1.807, 2.05) is 19.1 Å². The molecule has 1 aliphatic rings. The highest BCUT2D eigenvalue weighted by atomic mass is 16.0. The lowest BCUT2D eigenvalue weighted by atomic mass is 10.0. The number of nitrogens with one attached hydrogen (secondary N) is 1. The number of rotatable bonds is 0. The molecule has 0 aliphatic heterocycles. The highest BCUT2D eigenvalue weighted by Gasteiger charge is 1.99. The van der Waals surface area contributed by atoms with Gasteiger partial charge in [-0.3, -0.25) is 0 Å². The van der Waals surface area contributed by atoms with Crippen molar-refractivity contribution in [2.45, 2.75) is 6.92 Å². The molecule has 2 heteroatoms. The number of allylic oxidation sites excluding steroid dienone is 5. The summed E-state index contributed by atoms with van der Waals surface area (Å²) in [6, 6.07) is 0. The summed E-state index contributed by atoms with van der Waals surface area (Å²) in [6.45, 7) is 5.69. The molecule has 0 bridgehead atoms. The van der Waals surface area contributed by atoms with Crippen LogP contribution in [0.15, 0.2) is 36.0 Å². The topological polar surface area (TPSA) is 55.4 Å². The molecule has 1 aliphatic carbocycles. The SMILES string of the molecule is C=C1C=C(C)C=CC1=N.O. The highest BCUT2D eigenvalue weighted by molar-refractivity contribution is 6.09. The normalized spacial score (nSPS) is 16.3. The summed E-state index contributed by atoms with van der Waals surface area (Å²) < 4.78 is 0. The van der Waals surface area contributed by atoms with Gasteiger partial charge >= 0.3 is 0 Å². The van der Waals surface area contributed by atoms with Crippen molar-refractivity contribution in [3.63, 3.8) is 0 Å². The van der Waals surface area contributed by atoms with Gasteiger partial charge in [-0.25, -0.2) is 0 Å².